The van der Waals surface area contributed by atoms with Gasteiger partial charge in [-0.3, -0.25) is 9.59 Å². The van der Waals surface area contributed by atoms with Crippen molar-refractivity contribution in [3.05, 3.63) is 29.8 Å². The van der Waals surface area contributed by atoms with Crippen LogP contribution >= 0.6 is 0 Å². The zero-order valence-corrected chi connectivity index (χ0v) is 14.7. The number of hydrogen-bond donors (Lipinski definition) is 1. The molecule has 2 aliphatic rings. The van der Waals surface area contributed by atoms with Crippen molar-refractivity contribution in [1.82, 2.24) is 4.90 Å². The number of methoxy groups -OCH3 is 1. The van der Waals surface area contributed by atoms with E-state index in [1.807, 2.05) is 4.90 Å². The lowest BCUT2D eigenvalue weighted by atomic mass is 9.99. The van der Waals surface area contributed by atoms with Crippen LogP contribution in [0, 0.1) is 17.8 Å². The highest BCUT2D eigenvalue weighted by molar-refractivity contribution is 6.04. The topological polar surface area (TPSA) is 75.7 Å². The molecule has 0 bridgehead atoms. The van der Waals surface area contributed by atoms with Crippen molar-refractivity contribution in [1.29, 1.82) is 0 Å². The van der Waals surface area contributed by atoms with Crippen LogP contribution in [-0.2, 0) is 14.3 Å². The smallest absolute Gasteiger partial charge is 0.339 e. The van der Waals surface area contributed by atoms with Gasteiger partial charge in [-0.05, 0) is 37.3 Å². The summed E-state index contributed by atoms with van der Waals surface area (Å²) in [5, 5.41) is 2.77. The molecule has 1 saturated heterocycles. The lowest BCUT2D eigenvalue weighted by Gasteiger charge is -2.30. The fourth-order valence-electron chi connectivity index (χ4n) is 3.33. The molecule has 1 aliphatic heterocycles. The predicted octanol–water partition coefficient (Wildman–Crippen LogP) is 2.31. The van der Waals surface area contributed by atoms with Crippen LogP contribution < -0.4 is 5.32 Å². The first-order valence-electron chi connectivity index (χ1n) is 8.78. The van der Waals surface area contributed by atoms with E-state index in [4.69, 9.17) is 4.74 Å². The zero-order valence-electron chi connectivity index (χ0n) is 14.7. The molecule has 2 unspecified atom stereocenters. The highest BCUT2D eigenvalue weighted by atomic mass is 16.5. The van der Waals surface area contributed by atoms with E-state index in [9.17, 15) is 14.4 Å². The van der Waals surface area contributed by atoms with E-state index in [-0.39, 0.29) is 23.7 Å². The monoisotopic (exact) mass is 344 g/mol. The van der Waals surface area contributed by atoms with Crippen molar-refractivity contribution in [3.8, 4) is 0 Å². The number of ether oxygens (including phenoxy) is 1. The van der Waals surface area contributed by atoms with E-state index in [1.54, 1.807) is 24.3 Å². The van der Waals surface area contributed by atoms with E-state index in [1.165, 1.54) is 7.11 Å². The van der Waals surface area contributed by atoms with Crippen LogP contribution in [0.4, 0.5) is 5.69 Å². The number of rotatable bonds is 4. The second-order valence-corrected chi connectivity index (χ2v) is 6.98. The average Bonchev–Trinajstić information content (AvgIpc) is 3.42. The van der Waals surface area contributed by atoms with Crippen molar-refractivity contribution in [3.63, 3.8) is 0 Å². The minimum absolute atomic E-state index is 0.0910. The van der Waals surface area contributed by atoms with Gasteiger partial charge < -0.3 is 15.0 Å². The van der Waals surface area contributed by atoms with Crippen LogP contribution in [0.1, 0.15) is 36.5 Å². The number of carbonyl (C=O) groups excluding carboxylic acids is 3. The van der Waals surface area contributed by atoms with Gasteiger partial charge in [0, 0.05) is 13.1 Å². The summed E-state index contributed by atoms with van der Waals surface area (Å²) in [5.74, 6) is -0.483. The molecule has 1 aromatic carbocycles. The number of nitrogens with one attached hydrogen (secondary N) is 1. The van der Waals surface area contributed by atoms with Crippen molar-refractivity contribution < 1.29 is 19.1 Å². The van der Waals surface area contributed by atoms with Crippen LogP contribution in [0.2, 0.25) is 0 Å². The van der Waals surface area contributed by atoms with Gasteiger partial charge in [0.05, 0.1) is 30.2 Å². The molecule has 6 heteroatoms. The number of benzene rings is 1. The standard InChI is InChI=1S/C19H24N2O4/c1-12-7-9-21(10-8-12)18(23)15-11-14(15)17(22)20-16-6-4-3-5-13(16)19(24)25-2/h3-6,12,14-15H,7-11H2,1-2H3,(H,20,22). The molecule has 1 N–H and O–H groups in total. The number of carbonyl (C=O) groups is 3. The van der Waals surface area contributed by atoms with Crippen molar-refractivity contribution >= 4 is 23.5 Å². The number of piperidine rings is 1. The maximum Gasteiger partial charge on any atom is 0.339 e. The predicted molar refractivity (Wildman–Crippen MR) is 93.0 cm³/mol. The molecule has 1 heterocycles. The molecule has 0 aromatic heterocycles. The Hall–Kier alpha value is -2.37. The van der Waals surface area contributed by atoms with Crippen molar-refractivity contribution in [2.75, 3.05) is 25.5 Å². The summed E-state index contributed by atoms with van der Waals surface area (Å²) >= 11 is 0. The minimum Gasteiger partial charge on any atom is -0.465 e. The molecule has 1 aromatic rings. The third kappa shape index (κ3) is 3.83. The molecule has 2 amide bonds. The maximum absolute atomic E-state index is 12.5. The minimum atomic E-state index is -0.498. The van der Waals surface area contributed by atoms with Crippen LogP contribution in [-0.4, -0.2) is 42.9 Å². The Kier molecular flexibility index (Phi) is 5.06. The third-order valence-electron chi connectivity index (χ3n) is 5.13. The van der Waals surface area contributed by atoms with E-state index >= 15 is 0 Å². The fraction of sp³-hybridized carbons (Fsp3) is 0.526. The number of hydrogen-bond acceptors (Lipinski definition) is 4. The van der Waals surface area contributed by atoms with Gasteiger partial charge in [0.1, 0.15) is 0 Å². The summed E-state index contributed by atoms with van der Waals surface area (Å²) in [6, 6.07) is 6.72. The molecule has 25 heavy (non-hydrogen) atoms. The Morgan fingerprint density at radius 2 is 1.80 bits per heavy atom. The Balaban J connectivity index is 1.59. The van der Waals surface area contributed by atoms with Crippen molar-refractivity contribution in [2.45, 2.75) is 26.2 Å². The van der Waals surface area contributed by atoms with Gasteiger partial charge in [-0.25, -0.2) is 4.79 Å². The van der Waals surface area contributed by atoms with Gasteiger partial charge in [-0.1, -0.05) is 19.1 Å². The highest BCUT2D eigenvalue weighted by Crippen LogP contribution is 2.41. The largest absolute Gasteiger partial charge is 0.465 e. The number of esters is 1. The molecule has 1 saturated carbocycles. The summed E-state index contributed by atoms with van der Waals surface area (Å²) in [4.78, 5) is 38.6. The summed E-state index contributed by atoms with van der Waals surface area (Å²) in [5.41, 5.74) is 0.733. The van der Waals surface area contributed by atoms with E-state index in [0.717, 1.165) is 25.9 Å². The summed E-state index contributed by atoms with van der Waals surface area (Å²) in [6.45, 7) is 3.78. The second-order valence-electron chi connectivity index (χ2n) is 6.98. The van der Waals surface area contributed by atoms with Crippen molar-refractivity contribution in [2.24, 2.45) is 17.8 Å². The first-order chi connectivity index (χ1) is 12.0. The molecule has 6 nitrogen and oxygen atoms in total. The lowest BCUT2D eigenvalue weighted by molar-refractivity contribution is -0.135. The van der Waals surface area contributed by atoms with Gasteiger partial charge >= 0.3 is 5.97 Å². The van der Waals surface area contributed by atoms with Crippen LogP contribution in [0.25, 0.3) is 0 Å². The molecular weight excluding hydrogens is 320 g/mol. The molecule has 0 radical (unpaired) electrons. The number of amides is 2. The van der Waals surface area contributed by atoms with Gasteiger partial charge in [-0.15, -0.1) is 0 Å². The molecule has 2 fully saturated rings. The maximum atomic E-state index is 12.5. The van der Waals surface area contributed by atoms with E-state index in [0.29, 0.717) is 23.6 Å². The number of anilines is 1. The van der Waals surface area contributed by atoms with E-state index in [2.05, 4.69) is 12.2 Å². The molecule has 3 rings (SSSR count). The normalized spacial score (nSPS) is 23.0. The molecule has 0 spiro atoms. The summed E-state index contributed by atoms with van der Waals surface area (Å²) < 4.78 is 4.73. The van der Waals surface area contributed by atoms with Gasteiger partial charge in [0.15, 0.2) is 0 Å². The van der Waals surface area contributed by atoms with Gasteiger partial charge in [0.25, 0.3) is 0 Å². The van der Waals surface area contributed by atoms with Gasteiger partial charge in [0.2, 0.25) is 11.8 Å². The average molecular weight is 344 g/mol. The zero-order chi connectivity index (χ0) is 18.0. The number of likely N-dealkylation sites (tertiary alicyclic amines) is 1. The Morgan fingerprint density at radius 3 is 2.48 bits per heavy atom. The van der Waals surface area contributed by atoms with Crippen LogP contribution in [0.3, 0.4) is 0 Å². The molecule has 134 valence electrons. The first-order valence-corrected chi connectivity index (χ1v) is 8.78. The molecule has 1 aliphatic carbocycles. The highest BCUT2D eigenvalue weighted by Gasteiger charge is 2.49. The van der Waals surface area contributed by atoms with E-state index < -0.39 is 5.97 Å². The quantitative estimate of drug-likeness (QED) is 0.851. The fourth-order valence-corrected chi connectivity index (χ4v) is 3.33. The summed E-state index contributed by atoms with van der Waals surface area (Å²) in [7, 11) is 1.30. The number of para-hydroxylation sites is 1. The van der Waals surface area contributed by atoms with Crippen LogP contribution in [0.5, 0.6) is 0 Å². The Bertz CT molecular complexity index is 680. The Labute approximate surface area is 147 Å². The van der Waals surface area contributed by atoms with Gasteiger partial charge in [-0.2, -0.15) is 0 Å². The first kappa shape index (κ1) is 17.5. The number of nitrogens with zero attached hydrogens (tertiary/aromatic N) is 1. The third-order valence-corrected chi connectivity index (χ3v) is 5.13. The SMILES string of the molecule is COC(=O)c1ccccc1NC(=O)C1CC1C(=O)N1CCC(C)CC1. The Morgan fingerprint density at radius 1 is 1.12 bits per heavy atom. The van der Waals surface area contributed by atoms with Crippen LogP contribution in [0.15, 0.2) is 24.3 Å². The molecule has 2 atom stereocenters. The molecular formula is C19H24N2O4. The second kappa shape index (κ2) is 7.25. The lowest BCUT2D eigenvalue weighted by Crippen LogP contribution is -2.39. The summed E-state index contributed by atoms with van der Waals surface area (Å²) in [6.07, 6.45) is 2.64.